The van der Waals surface area contributed by atoms with Crippen molar-refractivity contribution in [1.29, 1.82) is 0 Å². The number of benzene rings is 2. The minimum absolute atomic E-state index is 0.349. The summed E-state index contributed by atoms with van der Waals surface area (Å²) in [5, 5.41) is 22.6. The molecule has 6 heteroatoms. The van der Waals surface area contributed by atoms with Gasteiger partial charge in [-0.05, 0) is 38.3 Å². The van der Waals surface area contributed by atoms with E-state index in [-0.39, 0.29) is 11.4 Å². The number of hydrogen-bond donors (Lipinski definition) is 1. The van der Waals surface area contributed by atoms with Gasteiger partial charge in [-0.3, -0.25) is 15.1 Å². The minimum Gasteiger partial charge on any atom is -0.502 e. The van der Waals surface area contributed by atoms with Gasteiger partial charge in [-0.15, -0.1) is 0 Å². The first-order valence-corrected chi connectivity index (χ1v) is 8.60. The van der Waals surface area contributed by atoms with E-state index in [0.29, 0.717) is 16.8 Å². The standard InChI is InChI=1S/C20H18N2O4/c1-12-6-8-13(9-7-12)21-11-15-19-14-4-2-3-5-17(14)26-18(19)10-16(20(15)23)22(24)25/h6-11,23H,2-5H2,1H3. The Morgan fingerprint density at radius 2 is 1.96 bits per heavy atom. The van der Waals surface area contributed by atoms with Crippen LogP contribution in [-0.2, 0) is 12.8 Å². The first kappa shape index (κ1) is 16.3. The molecule has 0 radical (unpaired) electrons. The van der Waals surface area contributed by atoms with E-state index in [1.165, 1.54) is 12.3 Å². The number of aliphatic imine (C=N–C) groups is 1. The molecule has 2 aromatic carbocycles. The number of aryl methyl sites for hydroxylation is 3. The van der Waals surface area contributed by atoms with Crippen molar-refractivity contribution in [2.24, 2.45) is 4.99 Å². The van der Waals surface area contributed by atoms with E-state index in [1.807, 2.05) is 31.2 Å². The highest BCUT2D eigenvalue weighted by molar-refractivity contribution is 6.05. The summed E-state index contributed by atoms with van der Waals surface area (Å²) in [5.41, 5.74) is 3.28. The van der Waals surface area contributed by atoms with Crippen LogP contribution in [0.4, 0.5) is 11.4 Å². The Morgan fingerprint density at radius 3 is 2.69 bits per heavy atom. The fourth-order valence-electron chi connectivity index (χ4n) is 3.47. The molecule has 1 aliphatic rings. The summed E-state index contributed by atoms with van der Waals surface area (Å²) in [6, 6.07) is 8.92. The maximum Gasteiger partial charge on any atom is 0.315 e. The molecule has 0 bridgehead atoms. The Hall–Kier alpha value is -3.15. The highest BCUT2D eigenvalue weighted by Gasteiger charge is 2.27. The summed E-state index contributed by atoms with van der Waals surface area (Å²) in [6.45, 7) is 1.99. The van der Waals surface area contributed by atoms with E-state index in [1.54, 1.807) is 0 Å². The van der Waals surface area contributed by atoms with Gasteiger partial charge in [0, 0.05) is 23.6 Å². The van der Waals surface area contributed by atoms with Crippen molar-refractivity contribution in [3.63, 3.8) is 0 Å². The zero-order chi connectivity index (χ0) is 18.3. The van der Waals surface area contributed by atoms with Crippen LogP contribution in [0.25, 0.3) is 11.0 Å². The number of nitro benzene ring substituents is 1. The van der Waals surface area contributed by atoms with Crippen LogP contribution in [0.15, 0.2) is 39.7 Å². The quantitative estimate of drug-likeness (QED) is 0.410. The second-order valence-electron chi connectivity index (χ2n) is 6.59. The Labute approximate surface area is 149 Å². The van der Waals surface area contributed by atoms with E-state index < -0.39 is 4.92 Å². The van der Waals surface area contributed by atoms with Crippen molar-refractivity contribution in [3.8, 4) is 5.75 Å². The zero-order valence-corrected chi connectivity index (χ0v) is 14.4. The highest BCUT2D eigenvalue weighted by Crippen LogP contribution is 2.41. The van der Waals surface area contributed by atoms with Crippen molar-refractivity contribution in [2.75, 3.05) is 0 Å². The summed E-state index contributed by atoms with van der Waals surface area (Å²) in [5.74, 6) is 0.490. The average molecular weight is 350 g/mol. The molecule has 1 aliphatic carbocycles. The molecule has 6 nitrogen and oxygen atoms in total. The topological polar surface area (TPSA) is 88.9 Å². The molecular formula is C20H18N2O4. The predicted octanol–water partition coefficient (Wildman–Crippen LogP) is 4.98. The van der Waals surface area contributed by atoms with Crippen molar-refractivity contribution in [3.05, 3.63) is 62.9 Å². The highest BCUT2D eigenvalue weighted by atomic mass is 16.6. The monoisotopic (exact) mass is 350 g/mol. The third-order valence-electron chi connectivity index (χ3n) is 4.81. The average Bonchev–Trinajstić information content (AvgIpc) is 3.00. The van der Waals surface area contributed by atoms with Crippen LogP contribution in [0, 0.1) is 17.0 Å². The SMILES string of the molecule is Cc1ccc(N=Cc2c(O)c([N+](=O)[O-])cc3oc4c(c23)CCCC4)cc1. The van der Waals surface area contributed by atoms with Gasteiger partial charge in [0.15, 0.2) is 0 Å². The lowest BCUT2D eigenvalue weighted by Crippen LogP contribution is -2.00. The molecule has 132 valence electrons. The molecule has 1 N–H and O–H groups in total. The molecule has 1 aromatic heterocycles. The van der Waals surface area contributed by atoms with Crippen LogP contribution in [0.3, 0.4) is 0 Å². The number of phenolic OH excluding ortho intramolecular Hbond substituents is 1. The number of furan rings is 1. The largest absolute Gasteiger partial charge is 0.502 e. The minimum atomic E-state index is -0.598. The van der Waals surface area contributed by atoms with Crippen LogP contribution in [-0.4, -0.2) is 16.2 Å². The Bertz CT molecular complexity index is 1030. The fourth-order valence-corrected chi connectivity index (χ4v) is 3.47. The van der Waals surface area contributed by atoms with E-state index in [2.05, 4.69) is 4.99 Å². The third-order valence-corrected chi connectivity index (χ3v) is 4.81. The van der Waals surface area contributed by atoms with Crippen molar-refractivity contribution < 1.29 is 14.4 Å². The Balaban J connectivity index is 1.92. The lowest BCUT2D eigenvalue weighted by Gasteiger charge is -2.10. The first-order valence-electron chi connectivity index (χ1n) is 8.60. The summed E-state index contributed by atoms with van der Waals surface area (Å²) in [7, 11) is 0. The molecule has 0 aliphatic heterocycles. The van der Waals surface area contributed by atoms with Crippen LogP contribution < -0.4 is 0 Å². The summed E-state index contributed by atoms with van der Waals surface area (Å²) in [4.78, 5) is 15.1. The van der Waals surface area contributed by atoms with E-state index in [0.717, 1.165) is 48.0 Å². The van der Waals surface area contributed by atoms with Crippen molar-refractivity contribution in [2.45, 2.75) is 32.6 Å². The van der Waals surface area contributed by atoms with Gasteiger partial charge in [0.2, 0.25) is 5.75 Å². The van der Waals surface area contributed by atoms with Crippen LogP contribution >= 0.6 is 0 Å². The lowest BCUT2D eigenvalue weighted by molar-refractivity contribution is -0.385. The lowest BCUT2D eigenvalue weighted by atomic mass is 9.93. The summed E-state index contributed by atoms with van der Waals surface area (Å²) < 4.78 is 5.87. The number of aromatic hydroxyl groups is 1. The third kappa shape index (κ3) is 2.73. The first-order chi connectivity index (χ1) is 12.5. The van der Waals surface area contributed by atoms with Gasteiger partial charge >= 0.3 is 5.69 Å². The fraction of sp³-hybridized carbons (Fsp3) is 0.250. The van der Waals surface area contributed by atoms with Gasteiger partial charge in [-0.2, -0.15) is 0 Å². The van der Waals surface area contributed by atoms with E-state index >= 15 is 0 Å². The molecule has 0 saturated carbocycles. The van der Waals surface area contributed by atoms with E-state index in [9.17, 15) is 15.2 Å². The molecule has 0 unspecified atom stereocenters. The Kier molecular flexibility index (Phi) is 3.95. The normalized spacial score (nSPS) is 14.0. The zero-order valence-electron chi connectivity index (χ0n) is 14.4. The molecule has 0 fully saturated rings. The molecule has 4 rings (SSSR count). The van der Waals surface area contributed by atoms with E-state index in [4.69, 9.17) is 4.42 Å². The van der Waals surface area contributed by atoms with Crippen molar-refractivity contribution in [1.82, 2.24) is 0 Å². The van der Waals surface area contributed by atoms with Crippen LogP contribution in [0.5, 0.6) is 5.75 Å². The number of nitrogens with zero attached hydrogens (tertiary/aromatic N) is 2. The maximum atomic E-state index is 11.3. The molecule has 0 amide bonds. The van der Waals surface area contributed by atoms with Gasteiger partial charge in [0.1, 0.15) is 11.3 Å². The van der Waals surface area contributed by atoms with Gasteiger partial charge in [-0.25, -0.2) is 0 Å². The predicted molar refractivity (Wildman–Crippen MR) is 99.6 cm³/mol. The van der Waals surface area contributed by atoms with Gasteiger partial charge < -0.3 is 9.52 Å². The molecule has 0 spiro atoms. The molecular weight excluding hydrogens is 332 g/mol. The second kappa shape index (κ2) is 6.29. The second-order valence-corrected chi connectivity index (χ2v) is 6.59. The van der Waals surface area contributed by atoms with Crippen LogP contribution in [0.2, 0.25) is 0 Å². The van der Waals surface area contributed by atoms with Gasteiger partial charge in [-0.1, -0.05) is 17.7 Å². The summed E-state index contributed by atoms with van der Waals surface area (Å²) in [6.07, 6.45) is 5.22. The number of hydrogen-bond acceptors (Lipinski definition) is 5. The van der Waals surface area contributed by atoms with Gasteiger partial charge in [0.25, 0.3) is 0 Å². The maximum absolute atomic E-state index is 11.3. The molecule has 0 atom stereocenters. The number of rotatable bonds is 3. The number of nitro groups is 1. The molecule has 1 heterocycles. The molecule has 3 aromatic rings. The van der Waals surface area contributed by atoms with Crippen molar-refractivity contribution >= 4 is 28.6 Å². The summed E-state index contributed by atoms with van der Waals surface area (Å²) >= 11 is 0. The Morgan fingerprint density at radius 1 is 1.23 bits per heavy atom. The molecule has 26 heavy (non-hydrogen) atoms. The smallest absolute Gasteiger partial charge is 0.315 e. The van der Waals surface area contributed by atoms with Gasteiger partial charge in [0.05, 0.1) is 22.2 Å². The molecule has 0 saturated heterocycles. The van der Waals surface area contributed by atoms with Crippen LogP contribution in [0.1, 0.15) is 35.3 Å². The number of phenols is 1. The number of fused-ring (bicyclic) bond motifs is 3.